The maximum absolute atomic E-state index is 4.72. The van der Waals surface area contributed by atoms with E-state index in [0.717, 1.165) is 16.3 Å². The Labute approximate surface area is 131 Å². The van der Waals surface area contributed by atoms with E-state index in [4.69, 9.17) is 15.0 Å². The van der Waals surface area contributed by atoms with Gasteiger partial charge in [0.05, 0.1) is 0 Å². The quantitative estimate of drug-likeness (QED) is 0.625. The lowest BCUT2D eigenvalue weighted by atomic mass is 10.6. The molecule has 0 N–H and O–H groups in total. The fourth-order valence-corrected chi connectivity index (χ4v) is 8.19. The van der Waals surface area contributed by atoms with Crippen LogP contribution in [0.1, 0.15) is 13.8 Å². The van der Waals surface area contributed by atoms with Gasteiger partial charge in [0.2, 0.25) is 0 Å². The summed E-state index contributed by atoms with van der Waals surface area (Å²) in [6, 6.07) is 0. The highest BCUT2D eigenvalue weighted by Crippen LogP contribution is 2.19. The van der Waals surface area contributed by atoms with E-state index in [1.54, 1.807) is 0 Å². The van der Waals surface area contributed by atoms with Crippen molar-refractivity contribution in [1.82, 2.24) is 28.7 Å². The maximum atomic E-state index is 4.72. The Hall–Kier alpha value is -2.15. The van der Waals surface area contributed by atoms with Gasteiger partial charge in [-0.3, -0.25) is 0 Å². The highest BCUT2D eigenvalue weighted by Gasteiger charge is 2.52. The Morgan fingerprint density at radius 1 is 0.727 bits per heavy atom. The average Bonchev–Trinajstić information content (AvgIpc) is 3.17. The van der Waals surface area contributed by atoms with Crippen LogP contribution in [0.15, 0.2) is 37.2 Å². The number of hydrogen-bond acceptors (Lipinski definition) is 3. The van der Waals surface area contributed by atoms with Crippen molar-refractivity contribution in [3.8, 4) is 0 Å². The van der Waals surface area contributed by atoms with Gasteiger partial charge in [-0.1, -0.05) is 13.8 Å². The minimum atomic E-state index is -2.42. The van der Waals surface area contributed by atoms with Gasteiger partial charge in [0.25, 0.3) is 8.07 Å². The summed E-state index contributed by atoms with van der Waals surface area (Å²) in [5.41, 5.74) is 3.64. The lowest BCUT2D eigenvalue weighted by Crippen LogP contribution is -2.75. The molecule has 0 radical (unpaired) electrons. The molecule has 0 saturated carbocycles. The molecule has 22 heavy (non-hydrogen) atoms. The van der Waals surface area contributed by atoms with E-state index in [0.29, 0.717) is 5.54 Å². The Bertz CT molecular complexity index is 683. The summed E-state index contributed by atoms with van der Waals surface area (Å²) in [5, 5.41) is 0. The third-order valence-electron chi connectivity index (χ3n) is 4.39. The van der Waals surface area contributed by atoms with Crippen LogP contribution in [0, 0.1) is 0 Å². The van der Waals surface area contributed by atoms with Crippen molar-refractivity contribution in [1.29, 1.82) is 0 Å². The minimum Gasteiger partial charge on any atom is -0.341 e. The lowest BCUT2D eigenvalue weighted by Gasteiger charge is -2.33. The molecule has 0 fully saturated rings. The van der Waals surface area contributed by atoms with E-state index in [1.165, 1.54) is 0 Å². The monoisotopic (exact) mass is 314 g/mol. The molecule has 0 aliphatic rings. The first kappa shape index (κ1) is 14.8. The largest absolute Gasteiger partial charge is 0.341 e. The van der Waals surface area contributed by atoms with Crippen LogP contribution in [-0.4, -0.2) is 36.7 Å². The standard InChI is InChI=1S/C15H22N6Si/c1-12(2)22(13-16-6-9-19(13)3,14-17-7-10-20(14)4)15-18-8-11-21(15)5/h6-12H,1-5H3. The number of imidazole rings is 3. The van der Waals surface area contributed by atoms with Crippen LogP contribution in [0.5, 0.6) is 0 Å². The second-order valence-corrected chi connectivity index (χ2v) is 10.2. The summed E-state index contributed by atoms with van der Waals surface area (Å²) in [6.45, 7) is 4.51. The van der Waals surface area contributed by atoms with Gasteiger partial charge in [0.1, 0.15) is 16.3 Å². The van der Waals surface area contributed by atoms with Gasteiger partial charge in [-0.15, -0.1) is 0 Å². The molecule has 6 nitrogen and oxygen atoms in total. The summed E-state index contributed by atoms with van der Waals surface area (Å²) in [7, 11) is 3.74. The van der Waals surface area contributed by atoms with E-state index in [-0.39, 0.29) is 0 Å². The second-order valence-electron chi connectivity index (χ2n) is 6.05. The maximum Gasteiger partial charge on any atom is 0.279 e. The van der Waals surface area contributed by atoms with Gasteiger partial charge in [-0.2, -0.15) is 0 Å². The predicted octanol–water partition coefficient (Wildman–Crippen LogP) is -0.233. The predicted molar refractivity (Wildman–Crippen MR) is 89.4 cm³/mol. The first-order valence-electron chi connectivity index (χ1n) is 7.43. The topological polar surface area (TPSA) is 53.5 Å². The van der Waals surface area contributed by atoms with Gasteiger partial charge in [0, 0.05) is 58.3 Å². The van der Waals surface area contributed by atoms with Crippen molar-refractivity contribution >= 4 is 24.4 Å². The molecule has 3 heterocycles. The van der Waals surface area contributed by atoms with Gasteiger partial charge in [-0.05, 0) is 5.54 Å². The van der Waals surface area contributed by atoms with Gasteiger partial charge >= 0.3 is 0 Å². The number of rotatable bonds is 4. The summed E-state index contributed by atoms with van der Waals surface area (Å²) < 4.78 is 6.36. The van der Waals surface area contributed by atoms with Crippen LogP contribution in [0.25, 0.3) is 0 Å². The highest BCUT2D eigenvalue weighted by atomic mass is 28.3. The molecule has 0 amide bonds. The zero-order chi connectivity index (χ0) is 15.9. The fraction of sp³-hybridized carbons (Fsp3) is 0.400. The highest BCUT2D eigenvalue weighted by molar-refractivity contribution is 7.10. The van der Waals surface area contributed by atoms with Crippen molar-refractivity contribution in [2.24, 2.45) is 21.1 Å². The average molecular weight is 314 g/mol. The van der Waals surface area contributed by atoms with Crippen molar-refractivity contribution < 1.29 is 0 Å². The molecule has 3 rings (SSSR count). The summed E-state index contributed by atoms with van der Waals surface area (Å²) in [5.74, 6) is 0. The van der Waals surface area contributed by atoms with Gasteiger partial charge in [-0.25, -0.2) is 15.0 Å². The fourth-order valence-electron chi connectivity index (χ4n) is 3.31. The Morgan fingerprint density at radius 2 is 1.05 bits per heavy atom. The van der Waals surface area contributed by atoms with Crippen LogP contribution >= 0.6 is 0 Å². The number of aromatic nitrogens is 6. The normalized spacial score (nSPS) is 12.3. The molecular formula is C15H22N6Si. The minimum absolute atomic E-state index is 0.371. The number of nitrogens with zero attached hydrogens (tertiary/aromatic N) is 6. The molecule has 3 aromatic rings. The number of hydrogen-bond donors (Lipinski definition) is 0. The van der Waals surface area contributed by atoms with E-state index < -0.39 is 8.07 Å². The smallest absolute Gasteiger partial charge is 0.279 e. The summed E-state index contributed by atoms with van der Waals surface area (Å²) >= 11 is 0. The van der Waals surface area contributed by atoms with Crippen molar-refractivity contribution in [2.75, 3.05) is 0 Å². The van der Waals surface area contributed by atoms with Crippen LogP contribution in [0.2, 0.25) is 5.54 Å². The molecule has 7 heteroatoms. The summed E-state index contributed by atoms with van der Waals surface area (Å²) in [4.78, 5) is 14.2. The molecule has 0 aromatic carbocycles. The lowest BCUT2D eigenvalue weighted by molar-refractivity contribution is 0.884. The molecule has 0 saturated heterocycles. The Morgan fingerprint density at radius 3 is 1.23 bits per heavy atom. The zero-order valence-corrected chi connectivity index (χ0v) is 14.7. The van der Waals surface area contributed by atoms with Crippen LogP contribution in [0.4, 0.5) is 0 Å². The van der Waals surface area contributed by atoms with Crippen LogP contribution in [-0.2, 0) is 21.1 Å². The number of aryl methyl sites for hydroxylation is 3. The Balaban J connectivity index is 2.42. The molecule has 0 bridgehead atoms. The SMILES string of the molecule is CC(C)[Si](c1nccn1C)(c1nccn1C)c1nccn1C. The zero-order valence-electron chi connectivity index (χ0n) is 13.7. The van der Waals surface area contributed by atoms with Gasteiger partial charge in [0.15, 0.2) is 0 Å². The third kappa shape index (κ3) is 1.88. The van der Waals surface area contributed by atoms with Crippen LogP contribution in [0.3, 0.4) is 0 Å². The van der Waals surface area contributed by atoms with E-state index in [1.807, 2.05) is 37.2 Å². The molecule has 0 unspecified atom stereocenters. The van der Waals surface area contributed by atoms with Crippen LogP contribution < -0.4 is 16.3 Å². The Kier molecular flexibility index (Phi) is 3.52. The van der Waals surface area contributed by atoms with Crippen molar-refractivity contribution in [3.05, 3.63) is 37.2 Å². The van der Waals surface area contributed by atoms with Crippen molar-refractivity contribution in [2.45, 2.75) is 19.4 Å². The molecule has 0 atom stereocenters. The first-order valence-corrected chi connectivity index (χ1v) is 9.50. The molecule has 116 valence electrons. The van der Waals surface area contributed by atoms with E-state index in [2.05, 4.69) is 48.7 Å². The third-order valence-corrected chi connectivity index (χ3v) is 9.68. The molecule has 3 aromatic heterocycles. The van der Waals surface area contributed by atoms with E-state index in [9.17, 15) is 0 Å². The van der Waals surface area contributed by atoms with E-state index >= 15 is 0 Å². The molecule has 0 aliphatic heterocycles. The van der Waals surface area contributed by atoms with Gasteiger partial charge < -0.3 is 13.7 Å². The molecule has 0 spiro atoms. The molecule has 0 aliphatic carbocycles. The summed E-state index contributed by atoms with van der Waals surface area (Å²) in [6.07, 6.45) is 11.6. The second kappa shape index (κ2) is 5.24. The first-order chi connectivity index (χ1) is 10.5. The van der Waals surface area contributed by atoms with Crippen molar-refractivity contribution in [3.63, 3.8) is 0 Å². The molecular weight excluding hydrogens is 292 g/mol.